The molecule has 0 aromatic carbocycles. The molecule has 2 N–H and O–H groups in total. The number of nitrogens with zero attached hydrogens (tertiary/aromatic N) is 1. The standard InChI is InChI=1S/C9H18N2S2.ClH/c10-5-4-8-13-9(12)11-6-2-1-3-7-11;/h1-8,10H2;1H. The highest BCUT2D eigenvalue weighted by Gasteiger charge is 2.12. The minimum Gasteiger partial charge on any atom is -0.358 e. The summed E-state index contributed by atoms with van der Waals surface area (Å²) in [5.41, 5.74) is 5.42. The molecule has 0 saturated carbocycles. The van der Waals surface area contributed by atoms with Crippen LogP contribution < -0.4 is 5.73 Å². The number of piperidine rings is 1. The molecule has 0 radical (unpaired) electrons. The highest BCUT2D eigenvalue weighted by Crippen LogP contribution is 2.16. The second-order valence-electron chi connectivity index (χ2n) is 3.30. The molecule has 0 aliphatic carbocycles. The van der Waals surface area contributed by atoms with E-state index in [0.717, 1.165) is 36.1 Å². The molecular formula is C9H19ClN2S2. The zero-order valence-corrected chi connectivity index (χ0v) is 10.9. The Hall–Kier alpha value is 0.490. The van der Waals surface area contributed by atoms with Crippen molar-refractivity contribution in [3.8, 4) is 0 Å². The van der Waals surface area contributed by atoms with Gasteiger partial charge in [-0.05, 0) is 32.2 Å². The normalized spacial score (nSPS) is 16.2. The third kappa shape index (κ3) is 5.39. The minimum absolute atomic E-state index is 0. The van der Waals surface area contributed by atoms with E-state index in [4.69, 9.17) is 18.0 Å². The summed E-state index contributed by atoms with van der Waals surface area (Å²) in [6.45, 7) is 3.10. The minimum atomic E-state index is 0. The van der Waals surface area contributed by atoms with Crippen molar-refractivity contribution >= 4 is 40.7 Å². The summed E-state index contributed by atoms with van der Waals surface area (Å²) in [7, 11) is 0. The van der Waals surface area contributed by atoms with Crippen molar-refractivity contribution in [2.24, 2.45) is 5.73 Å². The highest BCUT2D eigenvalue weighted by molar-refractivity contribution is 8.22. The average molecular weight is 255 g/mol. The van der Waals surface area contributed by atoms with Crippen molar-refractivity contribution in [3.05, 3.63) is 0 Å². The summed E-state index contributed by atoms with van der Waals surface area (Å²) >= 11 is 7.12. The summed E-state index contributed by atoms with van der Waals surface area (Å²) in [6.07, 6.45) is 5.04. The molecule has 0 aromatic rings. The molecule has 5 heteroatoms. The monoisotopic (exact) mass is 254 g/mol. The van der Waals surface area contributed by atoms with Crippen molar-refractivity contribution in [3.63, 3.8) is 0 Å². The molecule has 1 saturated heterocycles. The van der Waals surface area contributed by atoms with Crippen molar-refractivity contribution in [2.75, 3.05) is 25.4 Å². The summed E-state index contributed by atoms with van der Waals surface area (Å²) in [6, 6.07) is 0. The SMILES string of the molecule is Cl.NCCCSC(=S)N1CCCCC1. The van der Waals surface area contributed by atoms with Gasteiger partial charge in [0.2, 0.25) is 0 Å². The van der Waals surface area contributed by atoms with Crippen molar-refractivity contribution in [2.45, 2.75) is 25.7 Å². The molecule has 1 aliphatic heterocycles. The van der Waals surface area contributed by atoms with Gasteiger partial charge in [0, 0.05) is 18.8 Å². The number of thiocarbonyl (C=S) groups is 1. The molecular weight excluding hydrogens is 236 g/mol. The van der Waals surface area contributed by atoms with Gasteiger partial charge in [0.1, 0.15) is 4.32 Å². The van der Waals surface area contributed by atoms with Crippen LogP contribution in [0.2, 0.25) is 0 Å². The summed E-state index contributed by atoms with van der Waals surface area (Å²) in [5.74, 6) is 1.08. The van der Waals surface area contributed by atoms with Crippen LogP contribution in [0.3, 0.4) is 0 Å². The first kappa shape index (κ1) is 14.5. The number of hydrogen-bond donors (Lipinski definition) is 1. The molecule has 0 unspecified atom stereocenters. The van der Waals surface area contributed by atoms with Crippen LogP contribution in [0.5, 0.6) is 0 Å². The Morgan fingerprint density at radius 3 is 2.50 bits per heavy atom. The molecule has 84 valence electrons. The molecule has 0 atom stereocenters. The highest BCUT2D eigenvalue weighted by atomic mass is 35.5. The predicted octanol–water partition coefficient (Wildman–Crippen LogP) is 2.26. The van der Waals surface area contributed by atoms with Gasteiger partial charge in [0.15, 0.2) is 0 Å². The van der Waals surface area contributed by atoms with E-state index in [9.17, 15) is 0 Å². The van der Waals surface area contributed by atoms with Crippen LogP contribution in [0.4, 0.5) is 0 Å². The quantitative estimate of drug-likeness (QED) is 0.618. The van der Waals surface area contributed by atoms with E-state index in [2.05, 4.69) is 4.90 Å². The maximum atomic E-state index is 5.42. The molecule has 1 rings (SSSR count). The second-order valence-corrected chi connectivity index (χ2v) is 5.03. The van der Waals surface area contributed by atoms with E-state index in [1.807, 2.05) is 0 Å². The van der Waals surface area contributed by atoms with E-state index in [1.165, 1.54) is 19.3 Å². The van der Waals surface area contributed by atoms with Crippen LogP contribution in [0.25, 0.3) is 0 Å². The Bertz CT molecular complexity index is 161. The lowest BCUT2D eigenvalue weighted by Gasteiger charge is -2.28. The number of likely N-dealkylation sites (tertiary alicyclic amines) is 1. The maximum absolute atomic E-state index is 5.42. The predicted molar refractivity (Wildman–Crippen MR) is 71.4 cm³/mol. The van der Waals surface area contributed by atoms with E-state index in [0.29, 0.717) is 0 Å². The number of hydrogen-bond acceptors (Lipinski definition) is 3. The molecule has 14 heavy (non-hydrogen) atoms. The third-order valence-electron chi connectivity index (χ3n) is 2.19. The van der Waals surface area contributed by atoms with E-state index in [-0.39, 0.29) is 12.4 Å². The average Bonchev–Trinajstić information content (AvgIpc) is 2.19. The van der Waals surface area contributed by atoms with Crippen LogP contribution in [0, 0.1) is 0 Å². The first-order valence-electron chi connectivity index (χ1n) is 4.96. The molecule has 0 amide bonds. The Labute approximate surface area is 102 Å². The summed E-state index contributed by atoms with van der Waals surface area (Å²) in [5, 5.41) is 0. The molecule has 0 aromatic heterocycles. The first-order chi connectivity index (χ1) is 6.34. The van der Waals surface area contributed by atoms with Crippen LogP contribution in [-0.4, -0.2) is 34.6 Å². The Kier molecular flexibility index (Phi) is 9.08. The molecule has 0 spiro atoms. The van der Waals surface area contributed by atoms with Crippen molar-refractivity contribution in [1.29, 1.82) is 0 Å². The second kappa shape index (κ2) is 8.77. The zero-order valence-electron chi connectivity index (χ0n) is 8.41. The van der Waals surface area contributed by atoms with Crippen LogP contribution in [-0.2, 0) is 0 Å². The number of nitrogens with two attached hydrogens (primary N) is 1. The molecule has 1 aliphatic rings. The Morgan fingerprint density at radius 1 is 1.29 bits per heavy atom. The van der Waals surface area contributed by atoms with Crippen LogP contribution in [0.1, 0.15) is 25.7 Å². The molecule has 2 nitrogen and oxygen atoms in total. The lowest BCUT2D eigenvalue weighted by Crippen LogP contribution is -2.32. The van der Waals surface area contributed by atoms with Crippen LogP contribution in [0.15, 0.2) is 0 Å². The summed E-state index contributed by atoms with van der Waals surface area (Å²) < 4.78 is 1.08. The smallest absolute Gasteiger partial charge is 0.136 e. The first-order valence-corrected chi connectivity index (χ1v) is 6.36. The van der Waals surface area contributed by atoms with Gasteiger partial charge in [-0.1, -0.05) is 24.0 Å². The number of halogens is 1. The van der Waals surface area contributed by atoms with Gasteiger partial charge in [-0.2, -0.15) is 0 Å². The summed E-state index contributed by atoms with van der Waals surface area (Å²) in [4.78, 5) is 2.33. The third-order valence-corrected chi connectivity index (χ3v) is 3.80. The van der Waals surface area contributed by atoms with E-state index in [1.54, 1.807) is 11.8 Å². The van der Waals surface area contributed by atoms with E-state index >= 15 is 0 Å². The largest absolute Gasteiger partial charge is 0.358 e. The lowest BCUT2D eigenvalue weighted by atomic mass is 10.1. The number of rotatable bonds is 3. The topological polar surface area (TPSA) is 29.3 Å². The van der Waals surface area contributed by atoms with Gasteiger partial charge < -0.3 is 10.6 Å². The van der Waals surface area contributed by atoms with Crippen molar-refractivity contribution < 1.29 is 0 Å². The fraction of sp³-hybridized carbons (Fsp3) is 0.889. The van der Waals surface area contributed by atoms with Gasteiger partial charge in [-0.25, -0.2) is 0 Å². The van der Waals surface area contributed by atoms with E-state index < -0.39 is 0 Å². The maximum Gasteiger partial charge on any atom is 0.136 e. The molecule has 0 bridgehead atoms. The van der Waals surface area contributed by atoms with Gasteiger partial charge in [-0.3, -0.25) is 0 Å². The van der Waals surface area contributed by atoms with Gasteiger partial charge >= 0.3 is 0 Å². The number of thioether (sulfide) groups is 1. The van der Waals surface area contributed by atoms with Gasteiger partial charge in [0.05, 0.1) is 0 Å². The van der Waals surface area contributed by atoms with Gasteiger partial charge in [0.25, 0.3) is 0 Å². The molecule has 1 fully saturated rings. The molecule has 1 heterocycles. The Balaban J connectivity index is 0.00000169. The zero-order chi connectivity index (χ0) is 9.52. The van der Waals surface area contributed by atoms with Crippen molar-refractivity contribution in [1.82, 2.24) is 4.90 Å². The van der Waals surface area contributed by atoms with Gasteiger partial charge in [-0.15, -0.1) is 12.4 Å². The van der Waals surface area contributed by atoms with Crippen LogP contribution >= 0.6 is 36.4 Å². The fourth-order valence-corrected chi connectivity index (χ4v) is 2.69. The lowest BCUT2D eigenvalue weighted by molar-refractivity contribution is 0.352. The fourth-order valence-electron chi connectivity index (χ4n) is 1.41. The Morgan fingerprint density at radius 2 is 1.93 bits per heavy atom.